The molecule has 2 rings (SSSR count). The Kier molecular flexibility index (Phi) is 5.28. The van der Waals surface area contributed by atoms with Crippen molar-refractivity contribution in [3.63, 3.8) is 0 Å². The van der Waals surface area contributed by atoms with Gasteiger partial charge < -0.3 is 10.1 Å². The first-order valence-corrected chi connectivity index (χ1v) is 6.70. The molecule has 0 aliphatic rings. The van der Waals surface area contributed by atoms with Crippen molar-refractivity contribution in [2.45, 2.75) is 19.5 Å². The number of methoxy groups -OCH3 is 1. The molecule has 112 valence electrons. The fraction of sp³-hybridized carbons (Fsp3) is 0.357. The van der Waals surface area contributed by atoms with Gasteiger partial charge in [-0.3, -0.25) is 14.8 Å². The largest absolute Gasteiger partial charge is 0.496 e. The van der Waals surface area contributed by atoms with Crippen molar-refractivity contribution in [3.05, 3.63) is 52.3 Å². The van der Waals surface area contributed by atoms with E-state index in [0.29, 0.717) is 12.3 Å². The molecule has 1 aromatic heterocycles. The number of non-ortho nitro benzene ring substituents is 1. The molecule has 0 amide bonds. The van der Waals surface area contributed by atoms with Gasteiger partial charge in [0.2, 0.25) is 0 Å². The van der Waals surface area contributed by atoms with Gasteiger partial charge in [-0.1, -0.05) is 0 Å². The minimum atomic E-state index is -0.402. The first-order valence-electron chi connectivity index (χ1n) is 6.70. The van der Waals surface area contributed by atoms with Gasteiger partial charge in [-0.05, 0) is 25.1 Å². The normalized spacial score (nSPS) is 10.5. The van der Waals surface area contributed by atoms with Gasteiger partial charge in [0, 0.05) is 43.2 Å². The lowest BCUT2D eigenvalue weighted by Gasteiger charge is -2.09. The summed E-state index contributed by atoms with van der Waals surface area (Å²) in [5, 5.41) is 18.2. The molecule has 1 aromatic carbocycles. The predicted octanol–water partition coefficient (Wildman–Crippen LogP) is 1.98. The topological polar surface area (TPSA) is 82.2 Å². The number of hydrogen-bond donors (Lipinski definition) is 1. The summed E-state index contributed by atoms with van der Waals surface area (Å²) in [6.07, 6.45) is 4.60. The van der Waals surface area contributed by atoms with E-state index in [2.05, 4.69) is 10.4 Å². The monoisotopic (exact) mass is 290 g/mol. The highest BCUT2D eigenvalue weighted by molar-refractivity contribution is 5.43. The second kappa shape index (κ2) is 7.39. The predicted molar refractivity (Wildman–Crippen MR) is 78.2 cm³/mol. The average Bonchev–Trinajstić information content (AvgIpc) is 3.00. The minimum absolute atomic E-state index is 0.0733. The Balaban J connectivity index is 1.84. The van der Waals surface area contributed by atoms with Gasteiger partial charge >= 0.3 is 0 Å². The Morgan fingerprint density at radius 1 is 1.48 bits per heavy atom. The average molecular weight is 290 g/mol. The van der Waals surface area contributed by atoms with Crippen LogP contribution in [0.15, 0.2) is 36.7 Å². The summed E-state index contributed by atoms with van der Waals surface area (Å²) in [6.45, 7) is 2.17. The zero-order valence-corrected chi connectivity index (χ0v) is 11.9. The van der Waals surface area contributed by atoms with E-state index in [1.165, 1.54) is 6.07 Å². The Morgan fingerprint density at radius 2 is 2.33 bits per heavy atom. The number of rotatable bonds is 8. The lowest BCUT2D eigenvalue weighted by molar-refractivity contribution is -0.384. The van der Waals surface area contributed by atoms with Gasteiger partial charge in [0.25, 0.3) is 5.69 Å². The molecule has 0 saturated heterocycles. The zero-order valence-electron chi connectivity index (χ0n) is 11.9. The van der Waals surface area contributed by atoms with Crippen molar-refractivity contribution in [3.8, 4) is 5.75 Å². The molecular weight excluding hydrogens is 272 g/mol. The number of aryl methyl sites for hydroxylation is 1. The van der Waals surface area contributed by atoms with Crippen molar-refractivity contribution < 1.29 is 9.66 Å². The number of nitro groups is 1. The Bertz CT molecular complexity index is 584. The summed E-state index contributed by atoms with van der Waals surface area (Å²) in [5.74, 6) is 0.653. The molecular formula is C14H18N4O3. The van der Waals surface area contributed by atoms with E-state index in [-0.39, 0.29) is 5.69 Å². The van der Waals surface area contributed by atoms with Crippen LogP contribution in [-0.4, -0.2) is 28.4 Å². The Morgan fingerprint density at radius 3 is 3.00 bits per heavy atom. The van der Waals surface area contributed by atoms with E-state index in [9.17, 15) is 10.1 Å². The number of hydrogen-bond acceptors (Lipinski definition) is 5. The minimum Gasteiger partial charge on any atom is -0.496 e. The van der Waals surface area contributed by atoms with Crippen LogP contribution in [0.5, 0.6) is 5.75 Å². The maximum atomic E-state index is 10.8. The molecule has 0 unspecified atom stereocenters. The quantitative estimate of drug-likeness (QED) is 0.456. The molecule has 1 heterocycles. The van der Waals surface area contributed by atoms with Crippen LogP contribution in [0, 0.1) is 10.1 Å². The maximum absolute atomic E-state index is 10.8. The number of nitrogens with zero attached hydrogens (tertiary/aromatic N) is 3. The van der Waals surface area contributed by atoms with E-state index in [4.69, 9.17) is 4.74 Å². The summed E-state index contributed by atoms with van der Waals surface area (Å²) < 4.78 is 7.09. The number of nitrogens with one attached hydrogen (secondary N) is 1. The first kappa shape index (κ1) is 15.0. The van der Waals surface area contributed by atoms with Gasteiger partial charge in [-0.25, -0.2) is 0 Å². The van der Waals surface area contributed by atoms with Gasteiger partial charge in [0.1, 0.15) is 5.75 Å². The third-order valence-electron chi connectivity index (χ3n) is 3.09. The van der Waals surface area contributed by atoms with Crippen molar-refractivity contribution in [1.82, 2.24) is 15.1 Å². The molecule has 0 fully saturated rings. The highest BCUT2D eigenvalue weighted by Crippen LogP contribution is 2.23. The van der Waals surface area contributed by atoms with Gasteiger partial charge in [0.15, 0.2) is 0 Å². The summed E-state index contributed by atoms with van der Waals surface area (Å²) in [5.41, 5.74) is 0.856. The van der Waals surface area contributed by atoms with Crippen molar-refractivity contribution >= 4 is 5.69 Å². The number of nitro benzene ring substituents is 1. The molecule has 0 bridgehead atoms. The Hall–Kier alpha value is -2.41. The third-order valence-corrected chi connectivity index (χ3v) is 3.09. The lowest BCUT2D eigenvalue weighted by Crippen LogP contribution is -2.17. The van der Waals surface area contributed by atoms with E-state index >= 15 is 0 Å². The number of aromatic nitrogens is 2. The van der Waals surface area contributed by atoms with Crippen molar-refractivity contribution in [1.29, 1.82) is 0 Å². The summed E-state index contributed by atoms with van der Waals surface area (Å²) in [4.78, 5) is 10.4. The zero-order chi connectivity index (χ0) is 15.1. The van der Waals surface area contributed by atoms with Gasteiger partial charge in [0.05, 0.1) is 12.0 Å². The van der Waals surface area contributed by atoms with E-state index < -0.39 is 4.92 Å². The molecule has 1 N–H and O–H groups in total. The molecule has 0 saturated carbocycles. The van der Waals surface area contributed by atoms with Crippen LogP contribution in [-0.2, 0) is 13.1 Å². The number of benzene rings is 1. The summed E-state index contributed by atoms with van der Waals surface area (Å²) in [7, 11) is 1.56. The standard InChI is InChI=1S/C14H18N4O3/c1-21-14-5-4-13(18(19)20)10-12(14)11-15-6-2-8-17-9-3-7-16-17/h3-5,7,9-10,15H,2,6,8,11H2,1H3. The van der Waals surface area contributed by atoms with Crippen LogP contribution < -0.4 is 10.1 Å². The van der Waals surface area contributed by atoms with Crippen LogP contribution in [0.2, 0.25) is 0 Å². The summed E-state index contributed by atoms with van der Waals surface area (Å²) in [6, 6.07) is 6.50. The fourth-order valence-electron chi connectivity index (χ4n) is 2.04. The maximum Gasteiger partial charge on any atom is 0.270 e. The van der Waals surface area contributed by atoms with E-state index in [0.717, 1.165) is 25.1 Å². The van der Waals surface area contributed by atoms with Crippen LogP contribution in [0.4, 0.5) is 5.69 Å². The first-order chi connectivity index (χ1) is 10.2. The molecule has 0 radical (unpaired) electrons. The molecule has 0 atom stereocenters. The summed E-state index contributed by atoms with van der Waals surface area (Å²) >= 11 is 0. The van der Waals surface area contributed by atoms with E-state index in [1.54, 1.807) is 25.4 Å². The Labute approximate surface area is 122 Å². The van der Waals surface area contributed by atoms with Gasteiger partial charge in [-0.2, -0.15) is 5.10 Å². The molecule has 21 heavy (non-hydrogen) atoms. The van der Waals surface area contributed by atoms with Gasteiger partial charge in [-0.15, -0.1) is 0 Å². The second-order valence-corrected chi connectivity index (χ2v) is 4.55. The van der Waals surface area contributed by atoms with Crippen molar-refractivity contribution in [2.75, 3.05) is 13.7 Å². The number of ether oxygens (including phenoxy) is 1. The molecule has 0 aliphatic heterocycles. The lowest BCUT2D eigenvalue weighted by atomic mass is 10.1. The van der Waals surface area contributed by atoms with Crippen LogP contribution in [0.25, 0.3) is 0 Å². The smallest absolute Gasteiger partial charge is 0.270 e. The van der Waals surface area contributed by atoms with Crippen LogP contribution >= 0.6 is 0 Å². The van der Waals surface area contributed by atoms with E-state index in [1.807, 2.05) is 16.9 Å². The highest BCUT2D eigenvalue weighted by Gasteiger charge is 2.10. The SMILES string of the molecule is COc1ccc([N+](=O)[O-])cc1CNCCCn1cccn1. The van der Waals surface area contributed by atoms with Crippen LogP contribution in [0.3, 0.4) is 0 Å². The molecule has 2 aromatic rings. The highest BCUT2D eigenvalue weighted by atomic mass is 16.6. The molecule has 0 spiro atoms. The molecule has 0 aliphatic carbocycles. The molecule has 7 nitrogen and oxygen atoms in total. The van der Waals surface area contributed by atoms with Crippen LogP contribution in [0.1, 0.15) is 12.0 Å². The molecule has 7 heteroatoms. The van der Waals surface area contributed by atoms with Crippen molar-refractivity contribution in [2.24, 2.45) is 0 Å². The third kappa shape index (κ3) is 4.28. The fourth-order valence-corrected chi connectivity index (χ4v) is 2.04. The second-order valence-electron chi connectivity index (χ2n) is 4.55.